The van der Waals surface area contributed by atoms with Crippen LogP contribution in [0.15, 0.2) is 24.3 Å². The molecular weight excluding hydrogens is 318 g/mol. The minimum atomic E-state index is -0.778. The number of likely N-dealkylation sites (N-methyl/N-ethyl adjacent to an activating group) is 1. The highest BCUT2D eigenvalue weighted by Gasteiger charge is 2.25. The maximum absolute atomic E-state index is 12.1. The number of hydrogen-bond donors (Lipinski definition) is 2. The van der Waals surface area contributed by atoms with Crippen LogP contribution in [-0.2, 0) is 16.1 Å². The van der Waals surface area contributed by atoms with Gasteiger partial charge in [-0.1, -0.05) is 36.8 Å². The van der Waals surface area contributed by atoms with Crippen molar-refractivity contribution < 1.29 is 14.7 Å². The lowest BCUT2D eigenvalue weighted by atomic mass is 10.0. The number of hydrogen-bond acceptors (Lipinski definition) is 4. The molecule has 0 radical (unpaired) electrons. The molecule has 6 heteroatoms. The van der Waals surface area contributed by atoms with Crippen LogP contribution >= 0.6 is 0 Å². The SMILES string of the molecule is CCN(CC(=O)O)C1CCN(CC(=O)NCc2cccc(C)c2)CC1. The Kier molecular flexibility index (Phi) is 7.40. The quantitative estimate of drug-likeness (QED) is 0.745. The van der Waals surface area contributed by atoms with Crippen molar-refractivity contribution in [1.29, 1.82) is 0 Å². The number of amides is 1. The molecule has 0 atom stereocenters. The maximum atomic E-state index is 12.1. The van der Waals surface area contributed by atoms with Crippen LogP contribution in [0.3, 0.4) is 0 Å². The van der Waals surface area contributed by atoms with E-state index in [0.29, 0.717) is 19.1 Å². The highest BCUT2D eigenvalue weighted by atomic mass is 16.4. The number of likely N-dealkylation sites (tertiary alicyclic amines) is 1. The van der Waals surface area contributed by atoms with Gasteiger partial charge in [0.25, 0.3) is 0 Å². The Morgan fingerprint density at radius 3 is 2.64 bits per heavy atom. The Balaban J connectivity index is 1.72. The van der Waals surface area contributed by atoms with Gasteiger partial charge in [-0.15, -0.1) is 0 Å². The van der Waals surface area contributed by atoms with E-state index in [9.17, 15) is 9.59 Å². The summed E-state index contributed by atoms with van der Waals surface area (Å²) in [4.78, 5) is 27.2. The van der Waals surface area contributed by atoms with E-state index in [1.54, 1.807) is 0 Å². The van der Waals surface area contributed by atoms with E-state index in [2.05, 4.69) is 16.3 Å². The molecule has 0 bridgehead atoms. The molecule has 1 aliphatic rings. The summed E-state index contributed by atoms with van der Waals surface area (Å²) in [5.74, 6) is -0.738. The summed E-state index contributed by atoms with van der Waals surface area (Å²) in [7, 11) is 0. The second-order valence-electron chi connectivity index (χ2n) is 6.73. The van der Waals surface area contributed by atoms with Crippen LogP contribution in [0, 0.1) is 6.92 Å². The van der Waals surface area contributed by atoms with Crippen molar-refractivity contribution in [3.63, 3.8) is 0 Å². The van der Waals surface area contributed by atoms with Gasteiger partial charge in [0.2, 0.25) is 5.91 Å². The number of benzene rings is 1. The fourth-order valence-corrected chi connectivity index (χ4v) is 3.40. The summed E-state index contributed by atoms with van der Waals surface area (Å²) in [5, 5.41) is 12.0. The number of carboxylic acid groups (broad SMARTS) is 1. The van der Waals surface area contributed by atoms with Crippen molar-refractivity contribution in [3.8, 4) is 0 Å². The molecule has 2 N–H and O–H groups in total. The third-order valence-corrected chi connectivity index (χ3v) is 4.76. The molecule has 0 unspecified atom stereocenters. The average molecular weight is 347 g/mol. The van der Waals surface area contributed by atoms with E-state index in [1.165, 1.54) is 5.56 Å². The average Bonchev–Trinajstić information content (AvgIpc) is 2.58. The van der Waals surface area contributed by atoms with E-state index >= 15 is 0 Å². The third-order valence-electron chi connectivity index (χ3n) is 4.76. The summed E-state index contributed by atoms with van der Waals surface area (Å²) in [6.45, 7) is 7.50. The van der Waals surface area contributed by atoms with Crippen LogP contribution in [0.5, 0.6) is 0 Å². The fraction of sp³-hybridized carbons (Fsp3) is 0.579. The molecule has 2 rings (SSSR count). The molecule has 0 spiro atoms. The van der Waals surface area contributed by atoms with Crippen molar-refractivity contribution in [3.05, 3.63) is 35.4 Å². The molecular formula is C19H29N3O3. The predicted octanol–water partition coefficient (Wildman–Crippen LogP) is 1.48. The van der Waals surface area contributed by atoms with Gasteiger partial charge in [0, 0.05) is 25.7 Å². The summed E-state index contributed by atoms with van der Waals surface area (Å²) >= 11 is 0. The Hall–Kier alpha value is -1.92. The lowest BCUT2D eigenvalue weighted by Crippen LogP contribution is -2.48. The first-order valence-electron chi connectivity index (χ1n) is 8.98. The number of nitrogens with zero attached hydrogens (tertiary/aromatic N) is 2. The van der Waals surface area contributed by atoms with E-state index in [1.807, 2.05) is 36.9 Å². The third kappa shape index (κ3) is 6.48. The highest BCUT2D eigenvalue weighted by Crippen LogP contribution is 2.16. The van der Waals surface area contributed by atoms with E-state index in [0.717, 1.165) is 38.0 Å². The second-order valence-corrected chi connectivity index (χ2v) is 6.73. The zero-order valence-electron chi connectivity index (χ0n) is 15.2. The smallest absolute Gasteiger partial charge is 0.317 e. The van der Waals surface area contributed by atoms with Gasteiger partial charge in [0.05, 0.1) is 13.1 Å². The number of carbonyl (C=O) groups is 2. The van der Waals surface area contributed by atoms with Crippen molar-refractivity contribution in [2.45, 2.75) is 39.3 Å². The van der Waals surface area contributed by atoms with Crippen LogP contribution in [-0.4, -0.2) is 65.5 Å². The molecule has 1 heterocycles. The van der Waals surface area contributed by atoms with Crippen LogP contribution in [0.2, 0.25) is 0 Å². The minimum absolute atomic E-state index is 0.0397. The zero-order chi connectivity index (χ0) is 18.2. The zero-order valence-corrected chi connectivity index (χ0v) is 15.2. The predicted molar refractivity (Wildman–Crippen MR) is 97.4 cm³/mol. The summed E-state index contributed by atoms with van der Waals surface area (Å²) in [6, 6.07) is 8.43. The number of aliphatic carboxylic acids is 1. The molecule has 1 aromatic carbocycles. The standard InChI is InChI=1S/C19H29N3O3/c1-3-22(14-19(24)25)17-7-9-21(10-8-17)13-18(23)20-12-16-6-4-5-15(2)11-16/h4-6,11,17H,3,7-10,12-14H2,1-2H3,(H,20,23)(H,24,25). The normalized spacial score (nSPS) is 16.1. The number of nitrogens with one attached hydrogen (secondary N) is 1. The molecule has 0 saturated carbocycles. The summed E-state index contributed by atoms with van der Waals surface area (Å²) in [5.41, 5.74) is 2.30. The van der Waals surface area contributed by atoms with Crippen molar-refractivity contribution in [2.24, 2.45) is 0 Å². The molecule has 1 saturated heterocycles. The van der Waals surface area contributed by atoms with Gasteiger partial charge in [-0.25, -0.2) is 0 Å². The van der Waals surface area contributed by atoms with Gasteiger partial charge in [-0.2, -0.15) is 0 Å². The monoisotopic (exact) mass is 347 g/mol. The van der Waals surface area contributed by atoms with Crippen LogP contribution in [0.25, 0.3) is 0 Å². The Morgan fingerprint density at radius 2 is 2.04 bits per heavy atom. The van der Waals surface area contributed by atoms with E-state index < -0.39 is 5.97 Å². The first kappa shape index (κ1) is 19.4. The highest BCUT2D eigenvalue weighted by molar-refractivity contribution is 5.78. The molecule has 138 valence electrons. The number of piperidine rings is 1. The lowest BCUT2D eigenvalue weighted by Gasteiger charge is -2.37. The van der Waals surface area contributed by atoms with Gasteiger partial charge >= 0.3 is 5.97 Å². The number of rotatable bonds is 8. The van der Waals surface area contributed by atoms with Crippen LogP contribution in [0.4, 0.5) is 0 Å². The second kappa shape index (κ2) is 9.53. The number of carbonyl (C=O) groups excluding carboxylic acids is 1. The molecule has 25 heavy (non-hydrogen) atoms. The van der Waals surface area contributed by atoms with Gasteiger partial charge < -0.3 is 10.4 Å². The molecule has 0 aliphatic carbocycles. The maximum Gasteiger partial charge on any atom is 0.317 e. The van der Waals surface area contributed by atoms with Crippen LogP contribution in [0.1, 0.15) is 30.9 Å². The molecule has 1 aliphatic heterocycles. The van der Waals surface area contributed by atoms with Gasteiger partial charge in [-0.05, 0) is 31.9 Å². The molecule has 6 nitrogen and oxygen atoms in total. The lowest BCUT2D eigenvalue weighted by molar-refractivity contribution is -0.139. The minimum Gasteiger partial charge on any atom is -0.480 e. The molecule has 1 amide bonds. The first-order valence-corrected chi connectivity index (χ1v) is 8.98. The molecule has 1 aromatic rings. The topological polar surface area (TPSA) is 72.9 Å². The Morgan fingerprint density at radius 1 is 1.32 bits per heavy atom. The fourth-order valence-electron chi connectivity index (χ4n) is 3.40. The number of aryl methyl sites for hydroxylation is 1. The molecule has 1 fully saturated rings. The van der Waals surface area contributed by atoms with Crippen LogP contribution < -0.4 is 5.32 Å². The summed E-state index contributed by atoms with van der Waals surface area (Å²) < 4.78 is 0. The Labute approximate surface area is 149 Å². The largest absolute Gasteiger partial charge is 0.480 e. The summed E-state index contributed by atoms with van der Waals surface area (Å²) in [6.07, 6.45) is 1.82. The molecule has 0 aromatic heterocycles. The van der Waals surface area contributed by atoms with E-state index in [4.69, 9.17) is 5.11 Å². The van der Waals surface area contributed by atoms with Gasteiger partial charge in [-0.3, -0.25) is 19.4 Å². The Bertz CT molecular complexity index is 583. The van der Waals surface area contributed by atoms with Gasteiger partial charge in [0.15, 0.2) is 0 Å². The van der Waals surface area contributed by atoms with Gasteiger partial charge in [0.1, 0.15) is 0 Å². The first-order chi connectivity index (χ1) is 12.0. The van der Waals surface area contributed by atoms with Crippen molar-refractivity contribution in [2.75, 3.05) is 32.7 Å². The van der Waals surface area contributed by atoms with Crippen molar-refractivity contribution >= 4 is 11.9 Å². The van der Waals surface area contributed by atoms with E-state index in [-0.39, 0.29) is 12.5 Å². The van der Waals surface area contributed by atoms with Crippen molar-refractivity contribution in [1.82, 2.24) is 15.1 Å². The number of carboxylic acids is 1.